The Morgan fingerprint density at radius 3 is 2.43 bits per heavy atom. The third kappa shape index (κ3) is 5.88. The van der Waals surface area contributed by atoms with Crippen LogP contribution >= 0.6 is 0 Å². The summed E-state index contributed by atoms with van der Waals surface area (Å²) in [6.07, 6.45) is 4.88. The summed E-state index contributed by atoms with van der Waals surface area (Å²) < 4.78 is 34.1. The second-order valence-corrected chi connectivity index (χ2v) is 9.01. The van der Waals surface area contributed by atoms with E-state index in [1.165, 1.54) is 23.3 Å². The van der Waals surface area contributed by atoms with Gasteiger partial charge in [0.05, 0.1) is 12.8 Å². The second kappa shape index (κ2) is 11.4. The first-order chi connectivity index (χ1) is 17.0. The molecule has 1 saturated heterocycles. The molecule has 0 saturated carbocycles. The smallest absolute Gasteiger partial charge is 0.356 e. The maximum atomic E-state index is 14.5. The number of H-pyrrole nitrogens is 1. The van der Waals surface area contributed by atoms with Crippen molar-refractivity contribution in [3.8, 4) is 11.3 Å². The van der Waals surface area contributed by atoms with Gasteiger partial charge in [0, 0.05) is 18.2 Å². The molecule has 1 fully saturated rings. The summed E-state index contributed by atoms with van der Waals surface area (Å²) in [5, 5.41) is 0. The van der Waals surface area contributed by atoms with Crippen LogP contribution in [0.2, 0.25) is 0 Å². The van der Waals surface area contributed by atoms with Crippen LogP contribution in [0.4, 0.5) is 8.78 Å². The molecule has 35 heavy (non-hydrogen) atoms. The van der Waals surface area contributed by atoms with Crippen LogP contribution in [0.3, 0.4) is 0 Å². The van der Waals surface area contributed by atoms with Gasteiger partial charge in [0.15, 0.2) is 5.69 Å². The van der Waals surface area contributed by atoms with Crippen molar-refractivity contribution in [3.05, 3.63) is 81.9 Å². The molecule has 186 valence electrons. The molecule has 0 amide bonds. The average molecular weight is 484 g/mol. The number of methoxy groups -OCH3 is 1. The Balaban J connectivity index is 1.33. The van der Waals surface area contributed by atoms with E-state index in [1.807, 2.05) is 0 Å². The number of benzene rings is 2. The lowest BCUT2D eigenvalue weighted by Gasteiger charge is -2.32. The Labute approximate surface area is 203 Å². The molecular weight excluding hydrogens is 452 g/mol. The van der Waals surface area contributed by atoms with Gasteiger partial charge in [0.25, 0.3) is 0 Å². The number of imidazole rings is 1. The third-order valence-corrected chi connectivity index (χ3v) is 6.77. The number of aromatic amines is 1. The van der Waals surface area contributed by atoms with Gasteiger partial charge in [-0.1, -0.05) is 36.8 Å². The Hall–Kier alpha value is -3.26. The molecule has 2 heterocycles. The number of hydrogen-bond donors (Lipinski definition) is 1. The first-order valence-electron chi connectivity index (χ1n) is 12.1. The zero-order valence-electron chi connectivity index (χ0n) is 19.9. The van der Waals surface area contributed by atoms with Crippen molar-refractivity contribution in [2.45, 2.75) is 44.6 Å². The lowest BCUT2D eigenvalue weighted by molar-refractivity contribution is 0.0595. The second-order valence-electron chi connectivity index (χ2n) is 9.01. The van der Waals surface area contributed by atoms with Gasteiger partial charge in [-0.25, -0.2) is 18.4 Å². The fraction of sp³-hybridized carbons (Fsp3) is 0.407. The van der Waals surface area contributed by atoms with E-state index in [1.54, 1.807) is 0 Å². The molecule has 3 aromatic rings. The highest BCUT2D eigenvalue weighted by atomic mass is 19.1. The monoisotopic (exact) mass is 483 g/mol. The molecule has 6 nitrogen and oxygen atoms in total. The maximum Gasteiger partial charge on any atom is 0.356 e. The highest BCUT2D eigenvalue weighted by Crippen LogP contribution is 2.28. The predicted molar refractivity (Wildman–Crippen MR) is 130 cm³/mol. The lowest BCUT2D eigenvalue weighted by Crippen LogP contribution is -2.33. The van der Waals surface area contributed by atoms with E-state index in [4.69, 9.17) is 4.74 Å². The molecule has 1 N–H and O–H groups in total. The average Bonchev–Trinajstić information content (AvgIpc) is 3.20. The molecule has 0 radical (unpaired) electrons. The summed E-state index contributed by atoms with van der Waals surface area (Å²) in [6, 6.07) is 13.7. The molecule has 8 heteroatoms. The number of rotatable bonds is 9. The fourth-order valence-electron chi connectivity index (χ4n) is 4.89. The van der Waals surface area contributed by atoms with Gasteiger partial charge in [-0.2, -0.15) is 0 Å². The van der Waals surface area contributed by atoms with Crippen LogP contribution in [0.5, 0.6) is 0 Å². The fourth-order valence-corrected chi connectivity index (χ4v) is 4.89. The molecule has 2 aromatic carbocycles. The first kappa shape index (κ1) is 24.9. The van der Waals surface area contributed by atoms with Crippen LogP contribution in [0.25, 0.3) is 11.3 Å². The molecule has 0 aliphatic carbocycles. The Kier molecular flexibility index (Phi) is 8.13. The van der Waals surface area contributed by atoms with Gasteiger partial charge in [-0.15, -0.1) is 0 Å². The molecule has 1 aliphatic rings. The molecule has 1 aromatic heterocycles. The highest BCUT2D eigenvalue weighted by molar-refractivity contribution is 5.94. The van der Waals surface area contributed by atoms with Crippen LogP contribution in [-0.2, 0) is 11.3 Å². The van der Waals surface area contributed by atoms with Crippen molar-refractivity contribution in [3.63, 3.8) is 0 Å². The number of carbonyl (C=O) groups excluding carboxylic acids is 1. The Morgan fingerprint density at radius 2 is 1.74 bits per heavy atom. The SMILES string of the molecule is COC(=O)c1[nH]c(=O)n(CCCCCN2CCC(c3ccccc3)CC2)c1-c1ccc(F)cc1F. The number of esters is 1. The zero-order valence-corrected chi connectivity index (χ0v) is 19.9. The Morgan fingerprint density at radius 1 is 1.03 bits per heavy atom. The number of piperidine rings is 1. The summed E-state index contributed by atoms with van der Waals surface area (Å²) in [4.78, 5) is 29.8. The number of nitrogens with zero attached hydrogens (tertiary/aromatic N) is 2. The molecule has 0 unspecified atom stereocenters. The summed E-state index contributed by atoms with van der Waals surface area (Å²) >= 11 is 0. The molecule has 0 bridgehead atoms. The standard InChI is InChI=1S/C27H31F2N3O3/c1-35-26(33)24-25(22-11-10-21(28)18-23(22)29)32(27(34)30-24)15-7-3-6-14-31-16-12-20(13-17-31)19-8-4-2-5-9-19/h2,4-5,8-11,18,20H,3,6-7,12-17H2,1H3,(H,30,34). The van der Waals surface area contributed by atoms with Crippen molar-refractivity contribution in [1.82, 2.24) is 14.5 Å². The molecular formula is C27H31F2N3O3. The molecule has 0 atom stereocenters. The minimum absolute atomic E-state index is 0.0218. The number of halogens is 2. The van der Waals surface area contributed by atoms with Crippen LogP contribution in [0, 0.1) is 11.6 Å². The Bertz CT molecular complexity index is 1200. The van der Waals surface area contributed by atoms with Gasteiger partial charge in [-0.05, 0) is 68.9 Å². The minimum atomic E-state index is -0.846. The number of ether oxygens (including phenoxy) is 1. The number of unbranched alkanes of at least 4 members (excludes halogenated alkanes) is 2. The van der Waals surface area contributed by atoms with Gasteiger partial charge in [0.1, 0.15) is 11.6 Å². The summed E-state index contributed by atoms with van der Waals surface area (Å²) in [5.74, 6) is -1.73. The topological polar surface area (TPSA) is 67.3 Å². The van der Waals surface area contributed by atoms with Gasteiger partial charge < -0.3 is 9.64 Å². The summed E-state index contributed by atoms with van der Waals surface area (Å²) in [7, 11) is 1.19. The van der Waals surface area contributed by atoms with Crippen LogP contribution in [-0.4, -0.2) is 47.2 Å². The van der Waals surface area contributed by atoms with Crippen molar-refractivity contribution in [2.24, 2.45) is 0 Å². The van der Waals surface area contributed by atoms with E-state index in [-0.39, 0.29) is 17.0 Å². The zero-order chi connectivity index (χ0) is 24.8. The van der Waals surface area contributed by atoms with Crippen LogP contribution < -0.4 is 5.69 Å². The highest BCUT2D eigenvalue weighted by Gasteiger charge is 2.24. The van der Waals surface area contributed by atoms with Crippen molar-refractivity contribution < 1.29 is 18.3 Å². The minimum Gasteiger partial charge on any atom is -0.464 e. The van der Waals surface area contributed by atoms with Crippen molar-refractivity contribution in [1.29, 1.82) is 0 Å². The van der Waals surface area contributed by atoms with E-state index in [0.29, 0.717) is 18.9 Å². The first-order valence-corrected chi connectivity index (χ1v) is 12.1. The van der Waals surface area contributed by atoms with Gasteiger partial charge in [-0.3, -0.25) is 9.55 Å². The molecule has 1 aliphatic heterocycles. The van der Waals surface area contributed by atoms with Gasteiger partial charge in [0.2, 0.25) is 0 Å². The lowest BCUT2D eigenvalue weighted by atomic mass is 9.89. The van der Waals surface area contributed by atoms with Crippen LogP contribution in [0.15, 0.2) is 53.3 Å². The number of hydrogen-bond acceptors (Lipinski definition) is 4. The number of carbonyl (C=O) groups is 1. The normalized spacial score (nSPS) is 14.8. The van der Waals surface area contributed by atoms with E-state index in [9.17, 15) is 18.4 Å². The number of aromatic nitrogens is 2. The number of likely N-dealkylation sites (tertiary alicyclic amines) is 1. The van der Waals surface area contributed by atoms with E-state index in [0.717, 1.165) is 57.5 Å². The van der Waals surface area contributed by atoms with Crippen molar-refractivity contribution >= 4 is 5.97 Å². The maximum absolute atomic E-state index is 14.5. The summed E-state index contributed by atoms with van der Waals surface area (Å²) in [6.45, 7) is 3.46. The van der Waals surface area contributed by atoms with Gasteiger partial charge >= 0.3 is 11.7 Å². The van der Waals surface area contributed by atoms with E-state index >= 15 is 0 Å². The van der Waals surface area contributed by atoms with Crippen LogP contribution in [0.1, 0.15) is 54.1 Å². The number of nitrogens with one attached hydrogen (secondary N) is 1. The predicted octanol–water partition coefficient (Wildman–Crippen LogP) is 4.96. The van der Waals surface area contributed by atoms with E-state index < -0.39 is 23.3 Å². The van der Waals surface area contributed by atoms with E-state index in [2.05, 4.69) is 40.2 Å². The largest absolute Gasteiger partial charge is 0.464 e. The molecule has 4 rings (SSSR count). The third-order valence-electron chi connectivity index (χ3n) is 6.77. The molecule has 0 spiro atoms. The summed E-state index contributed by atoms with van der Waals surface area (Å²) in [5.41, 5.74) is 0.828. The quantitative estimate of drug-likeness (QED) is 0.345. The van der Waals surface area contributed by atoms with Crippen molar-refractivity contribution in [2.75, 3.05) is 26.7 Å².